The molecule has 1 aromatic carbocycles. The van der Waals surface area contributed by atoms with Crippen LogP contribution in [0, 0.1) is 0 Å². The molecule has 0 atom stereocenters. The molecule has 0 aliphatic rings. The number of rotatable bonds is 1. The van der Waals surface area contributed by atoms with Crippen LogP contribution in [0.5, 0.6) is 11.5 Å². The minimum atomic E-state index is -4.79. The largest absolute Gasteiger partial charge is 0.573 e. The lowest BCUT2D eigenvalue weighted by molar-refractivity contribution is -0.274. The van der Waals surface area contributed by atoms with Crippen molar-refractivity contribution in [2.75, 3.05) is 5.73 Å². The number of phenolic OH excluding ortho intramolecular Hbond substituents is 1. The molecule has 1 aromatic rings. The Bertz CT molecular complexity index is 330. The number of halogens is 4. The van der Waals surface area contributed by atoms with Gasteiger partial charge in [0, 0.05) is 10.5 Å². The van der Waals surface area contributed by atoms with Gasteiger partial charge >= 0.3 is 6.36 Å². The summed E-state index contributed by atoms with van der Waals surface area (Å²) in [5.41, 5.74) is 5.24. The van der Waals surface area contributed by atoms with Crippen LogP contribution in [-0.2, 0) is 0 Å². The zero-order valence-electron chi connectivity index (χ0n) is 6.60. The molecule has 0 aliphatic carbocycles. The molecule has 7 heteroatoms. The molecule has 0 bridgehead atoms. The van der Waals surface area contributed by atoms with Crippen LogP contribution in [-0.4, -0.2) is 11.5 Å². The molecule has 78 valence electrons. The smallest absolute Gasteiger partial charge is 0.506 e. The number of phenols is 1. The van der Waals surface area contributed by atoms with E-state index in [2.05, 4.69) is 20.7 Å². The predicted molar refractivity (Wildman–Crippen MR) is 46.9 cm³/mol. The van der Waals surface area contributed by atoms with E-state index in [0.717, 1.165) is 12.1 Å². The molecule has 0 aromatic heterocycles. The van der Waals surface area contributed by atoms with E-state index in [1.54, 1.807) is 0 Å². The standard InChI is InChI=1S/C7H5BrF3NO2/c8-4-1-3(14-7(9,10)11)2-5(13)6(4)12/h1-2,13H,12H2. The number of hydrogen-bond donors (Lipinski definition) is 2. The number of anilines is 1. The number of aromatic hydroxyl groups is 1. The van der Waals surface area contributed by atoms with Crippen molar-refractivity contribution in [2.24, 2.45) is 0 Å². The number of ether oxygens (including phenoxy) is 1. The van der Waals surface area contributed by atoms with Crippen LogP contribution >= 0.6 is 15.9 Å². The van der Waals surface area contributed by atoms with Crippen molar-refractivity contribution in [3.8, 4) is 11.5 Å². The molecule has 3 nitrogen and oxygen atoms in total. The Hall–Kier alpha value is -1.11. The predicted octanol–water partition coefficient (Wildman–Crippen LogP) is 2.64. The topological polar surface area (TPSA) is 55.5 Å². The first kappa shape index (κ1) is 11.0. The summed E-state index contributed by atoms with van der Waals surface area (Å²) in [6.45, 7) is 0. The molecule has 14 heavy (non-hydrogen) atoms. The minimum absolute atomic E-state index is 0.0421. The molecule has 0 saturated carbocycles. The van der Waals surface area contributed by atoms with Crippen molar-refractivity contribution in [1.29, 1.82) is 0 Å². The highest BCUT2D eigenvalue weighted by molar-refractivity contribution is 9.10. The summed E-state index contributed by atoms with van der Waals surface area (Å²) in [6.07, 6.45) is -4.79. The van der Waals surface area contributed by atoms with Crippen LogP contribution in [0.3, 0.4) is 0 Å². The first-order chi connectivity index (χ1) is 6.29. The molecule has 0 fully saturated rings. The first-order valence-electron chi connectivity index (χ1n) is 3.33. The molecule has 0 amide bonds. The second-order valence-corrected chi connectivity index (χ2v) is 3.24. The molecule has 0 unspecified atom stereocenters. The Kier molecular flexibility index (Phi) is 2.79. The lowest BCUT2D eigenvalue weighted by Gasteiger charge is -2.10. The quantitative estimate of drug-likeness (QED) is 0.610. The third-order valence-electron chi connectivity index (χ3n) is 1.31. The lowest BCUT2D eigenvalue weighted by Crippen LogP contribution is -2.17. The Morgan fingerprint density at radius 2 is 1.93 bits per heavy atom. The van der Waals surface area contributed by atoms with E-state index >= 15 is 0 Å². The Labute approximate surface area is 85.4 Å². The second kappa shape index (κ2) is 3.56. The highest BCUT2D eigenvalue weighted by Crippen LogP contribution is 2.35. The van der Waals surface area contributed by atoms with Gasteiger partial charge in [-0.15, -0.1) is 13.2 Å². The number of nitrogen functional groups attached to an aromatic ring is 1. The molecule has 3 N–H and O–H groups in total. The van der Waals surface area contributed by atoms with Gasteiger partial charge in [-0.3, -0.25) is 0 Å². The van der Waals surface area contributed by atoms with Gasteiger partial charge in [-0.05, 0) is 22.0 Å². The lowest BCUT2D eigenvalue weighted by atomic mass is 10.3. The number of nitrogens with two attached hydrogens (primary N) is 1. The van der Waals surface area contributed by atoms with Crippen LogP contribution in [0.4, 0.5) is 18.9 Å². The summed E-state index contributed by atoms with van der Waals surface area (Å²) < 4.78 is 39.0. The number of alkyl halides is 3. The van der Waals surface area contributed by atoms with Gasteiger partial charge in [-0.1, -0.05) is 0 Å². The summed E-state index contributed by atoms with van der Waals surface area (Å²) in [5.74, 6) is -1.00. The van der Waals surface area contributed by atoms with E-state index in [-0.39, 0.29) is 10.2 Å². The molecule has 0 spiro atoms. The van der Waals surface area contributed by atoms with E-state index in [4.69, 9.17) is 10.8 Å². The summed E-state index contributed by atoms with van der Waals surface area (Å²) in [4.78, 5) is 0. The fraction of sp³-hybridized carbons (Fsp3) is 0.143. The van der Waals surface area contributed by atoms with Crippen LogP contribution in [0.15, 0.2) is 16.6 Å². The van der Waals surface area contributed by atoms with E-state index in [9.17, 15) is 13.2 Å². The average Bonchev–Trinajstić information content (AvgIpc) is 1.96. The van der Waals surface area contributed by atoms with Gasteiger partial charge in [0.05, 0.1) is 5.69 Å². The Morgan fingerprint density at radius 3 is 2.36 bits per heavy atom. The highest BCUT2D eigenvalue weighted by Gasteiger charge is 2.31. The van der Waals surface area contributed by atoms with Crippen LogP contribution in [0.1, 0.15) is 0 Å². The molecule has 0 saturated heterocycles. The van der Waals surface area contributed by atoms with E-state index in [1.807, 2.05) is 0 Å². The Balaban J connectivity index is 3.02. The average molecular weight is 272 g/mol. The first-order valence-corrected chi connectivity index (χ1v) is 4.12. The summed E-state index contributed by atoms with van der Waals surface area (Å²) in [5, 5.41) is 9.08. The molecule has 0 radical (unpaired) electrons. The Morgan fingerprint density at radius 1 is 1.36 bits per heavy atom. The van der Waals surface area contributed by atoms with Gasteiger partial charge in [0.2, 0.25) is 0 Å². The van der Waals surface area contributed by atoms with Crippen molar-refractivity contribution in [3.05, 3.63) is 16.6 Å². The zero-order valence-corrected chi connectivity index (χ0v) is 8.19. The fourth-order valence-corrected chi connectivity index (χ4v) is 1.20. The molecule has 1 rings (SSSR count). The maximum atomic E-state index is 11.8. The van der Waals surface area contributed by atoms with Crippen LogP contribution in [0.25, 0.3) is 0 Å². The normalized spacial score (nSPS) is 11.4. The van der Waals surface area contributed by atoms with Crippen molar-refractivity contribution < 1.29 is 23.0 Å². The third kappa shape index (κ3) is 2.69. The monoisotopic (exact) mass is 271 g/mol. The molecular weight excluding hydrogens is 267 g/mol. The van der Waals surface area contributed by atoms with Gasteiger partial charge in [0.15, 0.2) is 0 Å². The fourth-order valence-electron chi connectivity index (χ4n) is 0.772. The van der Waals surface area contributed by atoms with Crippen LogP contribution in [0.2, 0.25) is 0 Å². The molecule has 0 aliphatic heterocycles. The third-order valence-corrected chi connectivity index (χ3v) is 1.97. The van der Waals surface area contributed by atoms with Gasteiger partial charge in [-0.2, -0.15) is 0 Å². The highest BCUT2D eigenvalue weighted by atomic mass is 79.9. The zero-order chi connectivity index (χ0) is 10.9. The van der Waals surface area contributed by atoms with E-state index in [0.29, 0.717) is 0 Å². The maximum Gasteiger partial charge on any atom is 0.573 e. The van der Waals surface area contributed by atoms with Crippen molar-refractivity contribution in [3.63, 3.8) is 0 Å². The van der Waals surface area contributed by atoms with E-state index < -0.39 is 17.9 Å². The van der Waals surface area contributed by atoms with Gasteiger partial charge in [0.25, 0.3) is 0 Å². The molecular formula is C7H5BrF3NO2. The SMILES string of the molecule is Nc1c(O)cc(OC(F)(F)F)cc1Br. The minimum Gasteiger partial charge on any atom is -0.506 e. The van der Waals surface area contributed by atoms with Gasteiger partial charge in [0.1, 0.15) is 11.5 Å². The number of hydrogen-bond acceptors (Lipinski definition) is 3. The summed E-state index contributed by atoms with van der Waals surface area (Å²) >= 11 is 2.87. The van der Waals surface area contributed by atoms with Gasteiger partial charge < -0.3 is 15.6 Å². The van der Waals surface area contributed by atoms with Gasteiger partial charge in [-0.25, -0.2) is 0 Å². The van der Waals surface area contributed by atoms with E-state index in [1.165, 1.54) is 0 Å². The summed E-state index contributed by atoms with van der Waals surface area (Å²) in [6, 6.07) is 1.80. The van der Waals surface area contributed by atoms with Crippen molar-refractivity contribution >= 4 is 21.6 Å². The van der Waals surface area contributed by atoms with Crippen LogP contribution < -0.4 is 10.5 Å². The second-order valence-electron chi connectivity index (χ2n) is 2.39. The molecule has 0 heterocycles. The van der Waals surface area contributed by atoms with Crippen molar-refractivity contribution in [1.82, 2.24) is 0 Å². The summed E-state index contributed by atoms with van der Waals surface area (Å²) in [7, 11) is 0. The number of benzene rings is 1. The van der Waals surface area contributed by atoms with Crippen molar-refractivity contribution in [2.45, 2.75) is 6.36 Å². The maximum absolute atomic E-state index is 11.8.